The predicted octanol–water partition coefficient (Wildman–Crippen LogP) is 14.1. The van der Waals surface area contributed by atoms with Gasteiger partial charge in [0.05, 0.1) is 0 Å². The monoisotopic (exact) mass is 733 g/mol. The quantitative estimate of drug-likeness (QED) is 0.171. The standard InChI is InChI=1S/C51H31N3OS/c1-3-12-32(13-4-1)33-22-26-36(27-23-33)50-52-49(35-14-5-2-6-15-35)53-51(54-50)37-28-24-34(25-29-37)38-30-31-40(48-47(38)41-16-7-9-19-43(41)55-48)39-18-11-21-45-46(39)42-17-8-10-20-44(42)56-45/h1-31H. The van der Waals surface area contributed by atoms with Gasteiger partial charge >= 0.3 is 0 Å². The second-order valence-electron chi connectivity index (χ2n) is 13.9. The highest BCUT2D eigenvalue weighted by Crippen LogP contribution is 2.46. The van der Waals surface area contributed by atoms with Crippen LogP contribution in [0.4, 0.5) is 0 Å². The van der Waals surface area contributed by atoms with Crippen molar-refractivity contribution < 1.29 is 4.42 Å². The van der Waals surface area contributed by atoms with Gasteiger partial charge in [-0.15, -0.1) is 11.3 Å². The average Bonchev–Trinajstić information content (AvgIpc) is 3.86. The minimum atomic E-state index is 0.623. The van der Waals surface area contributed by atoms with E-state index in [-0.39, 0.29) is 0 Å². The molecule has 0 saturated carbocycles. The fourth-order valence-corrected chi connectivity index (χ4v) is 9.00. The summed E-state index contributed by atoms with van der Waals surface area (Å²) in [6.45, 7) is 0. The molecule has 56 heavy (non-hydrogen) atoms. The first-order valence-electron chi connectivity index (χ1n) is 18.7. The van der Waals surface area contributed by atoms with Crippen molar-refractivity contribution >= 4 is 53.4 Å². The molecular formula is C51H31N3OS. The Morgan fingerprint density at radius 3 is 1.52 bits per heavy atom. The van der Waals surface area contributed by atoms with E-state index in [0.717, 1.165) is 60.9 Å². The summed E-state index contributed by atoms with van der Waals surface area (Å²) >= 11 is 1.83. The number of nitrogens with zero attached hydrogens (tertiary/aromatic N) is 3. The highest BCUT2D eigenvalue weighted by Gasteiger charge is 2.20. The molecule has 0 radical (unpaired) electrons. The van der Waals surface area contributed by atoms with Gasteiger partial charge in [0.1, 0.15) is 11.2 Å². The number of para-hydroxylation sites is 1. The minimum absolute atomic E-state index is 0.623. The van der Waals surface area contributed by atoms with E-state index < -0.39 is 0 Å². The van der Waals surface area contributed by atoms with E-state index >= 15 is 0 Å². The molecule has 0 atom stereocenters. The molecule has 0 aliphatic rings. The van der Waals surface area contributed by atoms with Gasteiger partial charge in [-0.25, -0.2) is 15.0 Å². The summed E-state index contributed by atoms with van der Waals surface area (Å²) in [5.41, 5.74) is 11.3. The van der Waals surface area contributed by atoms with E-state index in [1.54, 1.807) is 0 Å². The second-order valence-corrected chi connectivity index (χ2v) is 15.0. The SMILES string of the molecule is c1ccc(-c2ccc(-c3nc(-c4ccccc4)nc(-c4ccc(-c5ccc(-c6cccc7sc8ccccc8c67)c6oc7ccccc7c56)cc4)n3)cc2)cc1. The van der Waals surface area contributed by atoms with E-state index in [9.17, 15) is 0 Å². The molecule has 262 valence electrons. The van der Waals surface area contributed by atoms with Crippen LogP contribution in [0.2, 0.25) is 0 Å². The number of rotatable bonds is 6. The molecule has 0 amide bonds. The van der Waals surface area contributed by atoms with Crippen LogP contribution in [0.15, 0.2) is 192 Å². The summed E-state index contributed by atoms with van der Waals surface area (Å²) < 4.78 is 9.31. The topological polar surface area (TPSA) is 51.8 Å². The van der Waals surface area contributed by atoms with Crippen molar-refractivity contribution in [3.8, 4) is 67.5 Å². The smallest absolute Gasteiger partial charge is 0.164 e. The molecule has 0 saturated heterocycles. The van der Waals surface area contributed by atoms with Gasteiger partial charge in [-0.2, -0.15) is 0 Å². The first-order chi connectivity index (χ1) is 27.7. The molecule has 0 N–H and O–H groups in total. The van der Waals surface area contributed by atoms with Gasteiger partial charge in [0.2, 0.25) is 0 Å². The zero-order chi connectivity index (χ0) is 37.0. The molecule has 0 fully saturated rings. The Kier molecular flexibility index (Phi) is 7.64. The summed E-state index contributed by atoms with van der Waals surface area (Å²) in [5.74, 6) is 1.89. The van der Waals surface area contributed by atoms with Gasteiger partial charge in [0.25, 0.3) is 0 Å². The van der Waals surface area contributed by atoms with E-state index in [1.807, 2.05) is 53.8 Å². The molecule has 5 heteroatoms. The third-order valence-electron chi connectivity index (χ3n) is 10.6. The molecule has 0 bridgehead atoms. The Morgan fingerprint density at radius 2 is 0.821 bits per heavy atom. The molecule has 11 aromatic rings. The molecule has 0 aliphatic carbocycles. The molecule has 11 rings (SSSR count). The molecular weight excluding hydrogens is 703 g/mol. The lowest BCUT2D eigenvalue weighted by atomic mass is 9.92. The lowest BCUT2D eigenvalue weighted by Crippen LogP contribution is -2.00. The maximum Gasteiger partial charge on any atom is 0.164 e. The summed E-state index contributed by atoms with van der Waals surface area (Å²) in [4.78, 5) is 15.0. The number of hydrogen-bond acceptors (Lipinski definition) is 5. The van der Waals surface area contributed by atoms with E-state index in [0.29, 0.717) is 17.5 Å². The van der Waals surface area contributed by atoms with E-state index in [2.05, 4.69) is 146 Å². The highest BCUT2D eigenvalue weighted by molar-refractivity contribution is 7.25. The molecule has 0 aliphatic heterocycles. The van der Waals surface area contributed by atoms with Gasteiger partial charge in [0, 0.05) is 53.2 Å². The van der Waals surface area contributed by atoms with Crippen molar-refractivity contribution in [3.05, 3.63) is 188 Å². The predicted molar refractivity (Wildman–Crippen MR) is 233 cm³/mol. The van der Waals surface area contributed by atoms with Gasteiger partial charge in [0.15, 0.2) is 17.5 Å². The van der Waals surface area contributed by atoms with Crippen LogP contribution in [0.25, 0.3) is 110 Å². The number of fused-ring (bicyclic) bond motifs is 6. The maximum absolute atomic E-state index is 6.75. The van der Waals surface area contributed by atoms with Crippen molar-refractivity contribution in [2.45, 2.75) is 0 Å². The lowest BCUT2D eigenvalue weighted by Gasteiger charge is -2.11. The molecule has 0 spiro atoms. The normalized spacial score (nSPS) is 11.6. The largest absolute Gasteiger partial charge is 0.455 e. The fraction of sp³-hybridized carbons (Fsp3) is 0. The van der Waals surface area contributed by atoms with Crippen LogP contribution in [0.5, 0.6) is 0 Å². The van der Waals surface area contributed by atoms with Crippen LogP contribution in [-0.2, 0) is 0 Å². The van der Waals surface area contributed by atoms with E-state index in [1.165, 1.54) is 31.3 Å². The first kappa shape index (κ1) is 32.2. The van der Waals surface area contributed by atoms with Crippen molar-refractivity contribution in [2.75, 3.05) is 0 Å². The van der Waals surface area contributed by atoms with Gasteiger partial charge in [-0.1, -0.05) is 164 Å². The number of aromatic nitrogens is 3. The Labute approximate surface area is 327 Å². The van der Waals surface area contributed by atoms with Crippen molar-refractivity contribution in [1.82, 2.24) is 15.0 Å². The Morgan fingerprint density at radius 1 is 0.321 bits per heavy atom. The second kappa shape index (κ2) is 13.3. The van der Waals surface area contributed by atoms with Crippen LogP contribution in [-0.4, -0.2) is 15.0 Å². The first-order valence-corrected chi connectivity index (χ1v) is 19.5. The summed E-state index contributed by atoms with van der Waals surface area (Å²) in [7, 11) is 0. The zero-order valence-electron chi connectivity index (χ0n) is 30.1. The molecule has 8 aromatic carbocycles. The number of furan rings is 1. The Balaban J connectivity index is 1.03. The number of benzene rings is 8. The summed E-state index contributed by atoms with van der Waals surface area (Å²) in [6, 6.07) is 65.6. The maximum atomic E-state index is 6.75. The molecule has 3 heterocycles. The lowest BCUT2D eigenvalue weighted by molar-refractivity contribution is 0.670. The van der Waals surface area contributed by atoms with Crippen LogP contribution in [0.1, 0.15) is 0 Å². The van der Waals surface area contributed by atoms with Gasteiger partial charge in [-0.3, -0.25) is 0 Å². The third-order valence-corrected chi connectivity index (χ3v) is 11.7. The third kappa shape index (κ3) is 5.48. The van der Waals surface area contributed by atoms with Crippen LogP contribution in [0, 0.1) is 0 Å². The van der Waals surface area contributed by atoms with Crippen LogP contribution < -0.4 is 0 Å². The van der Waals surface area contributed by atoms with Crippen molar-refractivity contribution in [3.63, 3.8) is 0 Å². The fourth-order valence-electron chi connectivity index (χ4n) is 7.87. The minimum Gasteiger partial charge on any atom is -0.455 e. The zero-order valence-corrected chi connectivity index (χ0v) is 30.9. The van der Waals surface area contributed by atoms with E-state index in [4.69, 9.17) is 19.4 Å². The Bertz CT molecular complexity index is 3220. The summed E-state index contributed by atoms with van der Waals surface area (Å²) in [5, 5.41) is 4.74. The van der Waals surface area contributed by atoms with Gasteiger partial charge in [-0.05, 0) is 52.1 Å². The molecule has 3 aromatic heterocycles. The molecule has 4 nitrogen and oxygen atoms in total. The number of thiophene rings is 1. The van der Waals surface area contributed by atoms with Crippen LogP contribution in [0.3, 0.4) is 0 Å². The number of hydrogen-bond donors (Lipinski definition) is 0. The highest BCUT2D eigenvalue weighted by atomic mass is 32.1. The van der Waals surface area contributed by atoms with Gasteiger partial charge < -0.3 is 4.42 Å². The Hall–Kier alpha value is -7.21. The van der Waals surface area contributed by atoms with Crippen LogP contribution >= 0.6 is 11.3 Å². The molecule has 0 unspecified atom stereocenters. The van der Waals surface area contributed by atoms with Crippen molar-refractivity contribution in [1.29, 1.82) is 0 Å². The average molecular weight is 734 g/mol. The summed E-state index contributed by atoms with van der Waals surface area (Å²) in [6.07, 6.45) is 0. The van der Waals surface area contributed by atoms with Crippen molar-refractivity contribution in [2.24, 2.45) is 0 Å².